The number of amidine groups is 1. The second-order valence-corrected chi connectivity index (χ2v) is 7.79. The molecule has 3 rings (SSSR count). The van der Waals surface area contributed by atoms with Crippen molar-refractivity contribution in [2.24, 2.45) is 10.2 Å². The number of allylic oxidation sites excluding steroid dienone is 2. The zero-order valence-electron chi connectivity index (χ0n) is 19.8. The van der Waals surface area contributed by atoms with Gasteiger partial charge in [0.2, 0.25) is 0 Å². The number of benzene rings is 1. The Labute approximate surface area is 207 Å². The Kier molecular flexibility index (Phi) is 8.46. The predicted molar refractivity (Wildman–Crippen MR) is 130 cm³/mol. The number of amides is 1. The lowest BCUT2D eigenvalue weighted by Gasteiger charge is -2.22. The van der Waals surface area contributed by atoms with Crippen molar-refractivity contribution in [3.05, 3.63) is 103 Å². The first-order chi connectivity index (χ1) is 17.1. The van der Waals surface area contributed by atoms with Crippen molar-refractivity contribution in [1.82, 2.24) is 14.9 Å². The number of likely N-dealkylation sites (N-methyl/N-ethyl adjacent to an activating group) is 1. The maximum Gasteiger partial charge on any atom is 0.416 e. The summed E-state index contributed by atoms with van der Waals surface area (Å²) < 4.78 is 41.4. The number of rotatable bonds is 10. The fourth-order valence-corrected chi connectivity index (χ4v) is 3.27. The zero-order chi connectivity index (χ0) is 26.3. The molecule has 0 saturated heterocycles. The second-order valence-electron chi connectivity index (χ2n) is 7.79. The number of aromatic nitrogens is 2. The lowest BCUT2D eigenvalue weighted by Crippen LogP contribution is -2.30. The number of nitrogens with one attached hydrogen (secondary N) is 1. The molecule has 1 aliphatic rings. The maximum atomic E-state index is 13.2. The smallest absolute Gasteiger partial charge is 0.374 e. The van der Waals surface area contributed by atoms with E-state index in [-0.39, 0.29) is 12.1 Å². The van der Waals surface area contributed by atoms with E-state index in [4.69, 9.17) is 0 Å². The molecule has 0 unspecified atom stereocenters. The third-order valence-corrected chi connectivity index (χ3v) is 5.25. The van der Waals surface area contributed by atoms with Crippen LogP contribution in [0.4, 0.5) is 18.9 Å². The van der Waals surface area contributed by atoms with Crippen LogP contribution in [0, 0.1) is 12.6 Å². The van der Waals surface area contributed by atoms with E-state index in [0.29, 0.717) is 35.5 Å². The summed E-state index contributed by atoms with van der Waals surface area (Å²) in [6.07, 6.45) is 2.99. The number of carbonyl (C=O) groups excluding carboxylic acids is 1. The van der Waals surface area contributed by atoms with Crippen molar-refractivity contribution in [2.75, 3.05) is 32.5 Å². The minimum absolute atomic E-state index is 0.130. The number of nitrogens with zero attached hydrogens (tertiary/aromatic N) is 6. The van der Waals surface area contributed by atoms with E-state index < -0.39 is 17.7 Å². The van der Waals surface area contributed by atoms with E-state index in [0.717, 1.165) is 0 Å². The monoisotopic (exact) mass is 496 g/mol. The van der Waals surface area contributed by atoms with Crippen LogP contribution < -0.4 is 5.32 Å². The van der Waals surface area contributed by atoms with Crippen molar-refractivity contribution >= 4 is 17.4 Å². The number of carbonyl (C=O) groups is 1. The van der Waals surface area contributed by atoms with Gasteiger partial charge in [-0.15, -0.1) is 6.58 Å². The Morgan fingerprint density at radius 2 is 2.03 bits per heavy atom. The molecular formula is C25H25F3N7O+. The van der Waals surface area contributed by atoms with Crippen LogP contribution in [0.2, 0.25) is 0 Å². The molecule has 0 aliphatic carbocycles. The molecule has 1 aromatic heterocycles. The lowest BCUT2D eigenvalue weighted by atomic mass is 10.0. The number of anilines is 1. The third kappa shape index (κ3) is 6.49. The van der Waals surface area contributed by atoms with Gasteiger partial charge < -0.3 is 10.2 Å². The topological polar surface area (TPSA) is 85.9 Å². The molecule has 8 nitrogen and oxygen atoms in total. The van der Waals surface area contributed by atoms with Gasteiger partial charge in [-0.2, -0.15) is 13.2 Å². The van der Waals surface area contributed by atoms with E-state index in [1.54, 1.807) is 41.1 Å². The minimum Gasteiger partial charge on any atom is -0.374 e. The molecule has 0 bridgehead atoms. The zero-order valence-corrected chi connectivity index (χ0v) is 19.8. The summed E-state index contributed by atoms with van der Waals surface area (Å²) in [4.78, 5) is 22.2. The van der Waals surface area contributed by atoms with E-state index in [2.05, 4.69) is 38.7 Å². The average Bonchev–Trinajstić information content (AvgIpc) is 3.24. The van der Waals surface area contributed by atoms with E-state index >= 15 is 0 Å². The predicted octanol–water partition coefficient (Wildman–Crippen LogP) is 4.44. The summed E-state index contributed by atoms with van der Waals surface area (Å²) in [7, 11) is 3.25. The number of halogens is 3. The van der Waals surface area contributed by atoms with Gasteiger partial charge in [0.1, 0.15) is 18.6 Å². The molecule has 1 aromatic carbocycles. The fraction of sp³-hybridized carbons (Fsp3) is 0.200. The van der Waals surface area contributed by atoms with Gasteiger partial charge in [0, 0.05) is 37.5 Å². The van der Waals surface area contributed by atoms with Crippen LogP contribution in [-0.2, 0) is 0 Å². The molecule has 0 spiro atoms. The molecule has 2 radical (unpaired) electrons. The van der Waals surface area contributed by atoms with E-state index in [1.165, 1.54) is 36.8 Å². The molecule has 1 amide bonds. The Bertz CT molecular complexity index is 1220. The van der Waals surface area contributed by atoms with E-state index in [9.17, 15) is 18.0 Å². The summed E-state index contributed by atoms with van der Waals surface area (Å²) in [5, 5.41) is 11.5. The molecule has 0 fully saturated rings. The van der Waals surface area contributed by atoms with Crippen LogP contribution in [0.1, 0.15) is 16.1 Å². The van der Waals surface area contributed by atoms with E-state index in [1.807, 2.05) is 7.05 Å². The van der Waals surface area contributed by atoms with Crippen LogP contribution in [0.15, 0.2) is 89.5 Å². The summed E-state index contributed by atoms with van der Waals surface area (Å²) >= 11 is 0. The van der Waals surface area contributed by atoms with Crippen LogP contribution in [0.5, 0.6) is 0 Å². The van der Waals surface area contributed by atoms with Crippen LogP contribution >= 0.6 is 0 Å². The lowest BCUT2D eigenvalue weighted by molar-refractivity contribution is -0.472. The number of hydrogen-bond acceptors (Lipinski definition) is 6. The highest BCUT2D eigenvalue weighted by atomic mass is 19.4. The van der Waals surface area contributed by atoms with Gasteiger partial charge in [0.15, 0.2) is 0 Å². The fourth-order valence-electron chi connectivity index (χ4n) is 3.27. The van der Waals surface area contributed by atoms with Gasteiger partial charge in [0.25, 0.3) is 5.91 Å². The second kappa shape index (κ2) is 11.5. The Morgan fingerprint density at radius 3 is 2.69 bits per heavy atom. The summed E-state index contributed by atoms with van der Waals surface area (Å²) in [5.74, 6) is 0.194. The molecule has 2 aromatic rings. The van der Waals surface area contributed by atoms with Crippen molar-refractivity contribution in [2.45, 2.75) is 6.18 Å². The highest BCUT2D eigenvalue weighted by Gasteiger charge is 2.35. The normalized spacial score (nSPS) is 14.2. The highest BCUT2D eigenvalue weighted by molar-refractivity contribution is 5.95. The average molecular weight is 497 g/mol. The van der Waals surface area contributed by atoms with Crippen molar-refractivity contribution in [3.8, 4) is 0 Å². The Hall–Kier alpha value is -4.15. The van der Waals surface area contributed by atoms with Gasteiger partial charge in [-0.1, -0.05) is 24.8 Å². The van der Waals surface area contributed by atoms with Crippen LogP contribution in [0.25, 0.3) is 0 Å². The molecular weight excluding hydrogens is 471 g/mol. The van der Waals surface area contributed by atoms with Gasteiger partial charge in [-0.25, -0.2) is 14.5 Å². The SMILES string of the molecule is C=C[CH]/C=C(/CN(C)C(=O)c1cccc(NCC2=[N+](C)[C](c3ccncn3)N=N2)c1)C(=C)C(F)(F)F. The largest absolute Gasteiger partial charge is 0.416 e. The van der Waals surface area contributed by atoms with Crippen molar-refractivity contribution < 1.29 is 22.5 Å². The molecule has 1 N–H and O–H groups in total. The van der Waals surface area contributed by atoms with Crippen molar-refractivity contribution in [3.63, 3.8) is 0 Å². The first-order valence-electron chi connectivity index (χ1n) is 10.8. The molecule has 2 heterocycles. The summed E-state index contributed by atoms with van der Waals surface area (Å²) in [6.45, 7) is 6.66. The van der Waals surface area contributed by atoms with Gasteiger partial charge in [-0.3, -0.25) is 4.79 Å². The standard InChI is InChI=1S/C25H25F3N7O/c1-5-6-8-19(17(2)25(26,27)28)15-34(3)24(36)18-9-7-10-20(13-18)30-14-22-32-33-23(35(22)4)21-11-12-29-16-31-21/h5-13,16,30H,1-2,14-15H2,3-4H3/q+1/b19-8-. The Morgan fingerprint density at radius 1 is 1.25 bits per heavy atom. The maximum absolute atomic E-state index is 13.2. The number of alkyl halides is 3. The minimum atomic E-state index is -4.61. The quantitative estimate of drug-likeness (QED) is 0.389. The number of azo groups is 1. The molecule has 0 atom stereocenters. The van der Waals surface area contributed by atoms with Crippen LogP contribution in [0.3, 0.4) is 0 Å². The molecule has 11 heteroatoms. The summed E-state index contributed by atoms with van der Waals surface area (Å²) in [5.41, 5.74) is 0.437. The Balaban J connectivity index is 1.68. The highest BCUT2D eigenvalue weighted by Crippen LogP contribution is 2.30. The van der Waals surface area contributed by atoms with Gasteiger partial charge >= 0.3 is 18.2 Å². The van der Waals surface area contributed by atoms with Gasteiger partial charge in [0.05, 0.1) is 17.7 Å². The van der Waals surface area contributed by atoms with Crippen LogP contribution in [-0.4, -0.2) is 64.5 Å². The molecule has 36 heavy (non-hydrogen) atoms. The van der Waals surface area contributed by atoms with Crippen molar-refractivity contribution in [1.29, 1.82) is 0 Å². The third-order valence-electron chi connectivity index (χ3n) is 5.25. The molecule has 186 valence electrons. The van der Waals surface area contributed by atoms with Gasteiger partial charge in [-0.05, 0) is 35.0 Å². The summed E-state index contributed by atoms with van der Waals surface area (Å²) in [6, 6.07) is 8.40. The molecule has 1 aliphatic heterocycles. The molecule has 0 saturated carbocycles. The number of hydrogen-bond donors (Lipinski definition) is 1. The first-order valence-corrected chi connectivity index (χ1v) is 10.8. The first kappa shape index (κ1) is 26.5.